The highest BCUT2D eigenvalue weighted by Crippen LogP contribution is 2.36. The van der Waals surface area contributed by atoms with Gasteiger partial charge in [0.25, 0.3) is 5.56 Å². The number of thiazole rings is 1. The van der Waals surface area contributed by atoms with Crippen molar-refractivity contribution in [1.29, 1.82) is 0 Å². The van der Waals surface area contributed by atoms with Gasteiger partial charge >= 0.3 is 0 Å². The highest BCUT2D eigenvalue weighted by Gasteiger charge is 2.28. The van der Waals surface area contributed by atoms with Crippen molar-refractivity contribution in [3.05, 3.63) is 57.5 Å². The largest absolute Gasteiger partial charge is 0.379 e. The van der Waals surface area contributed by atoms with E-state index in [-0.39, 0.29) is 5.56 Å². The van der Waals surface area contributed by atoms with Gasteiger partial charge in [-0.2, -0.15) is 0 Å². The number of rotatable bonds is 5. The summed E-state index contributed by atoms with van der Waals surface area (Å²) in [5.74, 6) is 0.785. The Morgan fingerprint density at radius 2 is 2.19 bits per heavy atom. The van der Waals surface area contributed by atoms with Crippen molar-refractivity contribution in [3.8, 4) is 11.4 Å². The Labute approximate surface area is 158 Å². The Morgan fingerprint density at radius 1 is 1.30 bits per heavy atom. The van der Waals surface area contributed by atoms with E-state index in [2.05, 4.69) is 25.8 Å². The maximum absolute atomic E-state index is 12.3. The van der Waals surface area contributed by atoms with Crippen molar-refractivity contribution >= 4 is 22.0 Å². The number of nitrogens with one attached hydrogen (secondary N) is 1. The van der Waals surface area contributed by atoms with Crippen molar-refractivity contribution in [1.82, 2.24) is 29.6 Å². The Kier molecular flexibility index (Phi) is 3.75. The average molecular weight is 379 g/mol. The van der Waals surface area contributed by atoms with E-state index in [4.69, 9.17) is 0 Å². The van der Waals surface area contributed by atoms with Crippen LogP contribution in [0.4, 0.5) is 5.69 Å². The molecule has 1 aliphatic carbocycles. The van der Waals surface area contributed by atoms with Crippen LogP contribution in [0.1, 0.15) is 30.3 Å². The molecule has 4 aromatic rings. The van der Waals surface area contributed by atoms with E-state index in [0.29, 0.717) is 17.5 Å². The average Bonchev–Trinajstić information content (AvgIpc) is 3.27. The minimum Gasteiger partial charge on any atom is -0.379 e. The highest BCUT2D eigenvalue weighted by molar-refractivity contribution is 7.15. The molecule has 1 aromatic carbocycles. The second kappa shape index (κ2) is 6.27. The molecule has 0 unspecified atom stereocenters. The number of fused-ring (bicyclic) bond motifs is 1. The Balaban J connectivity index is 1.39. The summed E-state index contributed by atoms with van der Waals surface area (Å²) in [6.07, 6.45) is 2.25. The summed E-state index contributed by atoms with van der Waals surface area (Å²) in [7, 11) is 0. The van der Waals surface area contributed by atoms with E-state index in [0.717, 1.165) is 41.3 Å². The zero-order valence-electron chi connectivity index (χ0n) is 14.7. The van der Waals surface area contributed by atoms with Crippen LogP contribution in [-0.2, 0) is 6.54 Å². The van der Waals surface area contributed by atoms with Gasteiger partial charge in [-0.3, -0.25) is 9.20 Å². The lowest BCUT2D eigenvalue weighted by Crippen LogP contribution is -2.16. The van der Waals surface area contributed by atoms with E-state index in [1.807, 2.05) is 41.3 Å². The van der Waals surface area contributed by atoms with Crippen LogP contribution in [0.15, 0.2) is 40.5 Å². The molecule has 1 fully saturated rings. The molecule has 136 valence electrons. The number of aryl methyl sites for hydroxylation is 1. The summed E-state index contributed by atoms with van der Waals surface area (Å²) in [5.41, 5.74) is 3.48. The summed E-state index contributed by atoms with van der Waals surface area (Å²) in [6, 6.07) is 9.97. The van der Waals surface area contributed by atoms with E-state index < -0.39 is 0 Å². The van der Waals surface area contributed by atoms with Gasteiger partial charge in [0.1, 0.15) is 0 Å². The van der Waals surface area contributed by atoms with Gasteiger partial charge in [0.05, 0.1) is 18.3 Å². The fourth-order valence-electron chi connectivity index (χ4n) is 3.10. The maximum Gasteiger partial charge on any atom is 0.259 e. The molecule has 0 aliphatic heterocycles. The van der Waals surface area contributed by atoms with Crippen molar-refractivity contribution in [2.75, 3.05) is 5.32 Å². The van der Waals surface area contributed by atoms with Crippen molar-refractivity contribution in [2.24, 2.45) is 0 Å². The zero-order chi connectivity index (χ0) is 18.4. The van der Waals surface area contributed by atoms with Gasteiger partial charge < -0.3 is 5.32 Å². The molecule has 9 heteroatoms. The summed E-state index contributed by atoms with van der Waals surface area (Å²) in [6.45, 7) is 2.38. The van der Waals surface area contributed by atoms with Crippen molar-refractivity contribution in [2.45, 2.75) is 32.4 Å². The van der Waals surface area contributed by atoms with E-state index >= 15 is 0 Å². The number of hydrogen-bond donors (Lipinski definition) is 1. The third-order valence-corrected chi connectivity index (χ3v) is 5.55. The lowest BCUT2D eigenvalue weighted by atomic mass is 10.2. The van der Waals surface area contributed by atoms with Gasteiger partial charge in [0, 0.05) is 28.4 Å². The minimum absolute atomic E-state index is 0.0482. The first-order valence-corrected chi connectivity index (χ1v) is 9.66. The first-order chi connectivity index (χ1) is 13.2. The van der Waals surface area contributed by atoms with Crippen LogP contribution in [0.5, 0.6) is 0 Å². The van der Waals surface area contributed by atoms with Crippen molar-refractivity contribution in [3.63, 3.8) is 0 Å². The number of tetrazole rings is 1. The summed E-state index contributed by atoms with van der Waals surface area (Å²) < 4.78 is 3.53. The van der Waals surface area contributed by atoms with E-state index in [1.165, 1.54) is 11.3 Å². The quantitative estimate of drug-likeness (QED) is 0.573. The summed E-state index contributed by atoms with van der Waals surface area (Å²) >= 11 is 1.47. The first kappa shape index (κ1) is 16.1. The van der Waals surface area contributed by atoms with Gasteiger partial charge in [-0.25, -0.2) is 9.67 Å². The highest BCUT2D eigenvalue weighted by atomic mass is 32.1. The van der Waals surface area contributed by atoms with Crippen LogP contribution in [0.25, 0.3) is 16.3 Å². The van der Waals surface area contributed by atoms with Gasteiger partial charge in [-0.1, -0.05) is 12.1 Å². The fourth-order valence-corrected chi connectivity index (χ4v) is 3.99. The van der Waals surface area contributed by atoms with Crippen molar-refractivity contribution < 1.29 is 0 Å². The van der Waals surface area contributed by atoms with E-state index in [1.54, 1.807) is 10.5 Å². The number of anilines is 1. The second-order valence-corrected chi connectivity index (χ2v) is 7.53. The lowest BCUT2D eigenvalue weighted by Gasteiger charge is -2.08. The lowest BCUT2D eigenvalue weighted by molar-refractivity contribution is 0.615. The molecule has 1 N–H and O–H groups in total. The minimum atomic E-state index is -0.0482. The standard InChI is InChI=1S/C18H17N7OS/c1-11-10-27-18-20-14(8-16(26)24(11)18)9-19-13-4-2-3-12(7-13)17-21-22-23-25(17)15-5-6-15/h2-4,7-8,10,15,19H,5-6,9H2,1H3. The van der Waals surface area contributed by atoms with Crippen LogP contribution in [0, 0.1) is 6.92 Å². The molecule has 0 amide bonds. The van der Waals surface area contributed by atoms with Gasteiger partial charge in [-0.05, 0) is 42.3 Å². The third kappa shape index (κ3) is 2.99. The van der Waals surface area contributed by atoms with Crippen LogP contribution in [-0.4, -0.2) is 29.6 Å². The van der Waals surface area contributed by atoms with Gasteiger partial charge in [0.2, 0.25) is 0 Å². The molecular weight excluding hydrogens is 362 g/mol. The molecule has 0 saturated heterocycles. The van der Waals surface area contributed by atoms with Gasteiger partial charge in [-0.15, -0.1) is 16.4 Å². The topological polar surface area (TPSA) is 90.0 Å². The van der Waals surface area contributed by atoms with Crippen LogP contribution < -0.4 is 10.9 Å². The van der Waals surface area contributed by atoms with Crippen LogP contribution >= 0.6 is 11.3 Å². The Hall–Kier alpha value is -3.07. The molecule has 0 spiro atoms. The SMILES string of the molecule is Cc1csc2nc(CNc3cccc(-c4nnnn4C4CC4)c3)cc(=O)n12. The molecule has 8 nitrogen and oxygen atoms in total. The molecule has 27 heavy (non-hydrogen) atoms. The monoisotopic (exact) mass is 379 g/mol. The predicted octanol–water partition coefficient (Wildman–Crippen LogP) is 2.66. The molecule has 1 aliphatic rings. The smallest absolute Gasteiger partial charge is 0.259 e. The maximum atomic E-state index is 12.3. The second-order valence-electron chi connectivity index (χ2n) is 6.69. The molecule has 1 saturated carbocycles. The molecule has 0 bridgehead atoms. The van der Waals surface area contributed by atoms with Gasteiger partial charge in [0.15, 0.2) is 10.8 Å². The summed E-state index contributed by atoms with van der Waals surface area (Å²) in [4.78, 5) is 17.6. The Morgan fingerprint density at radius 3 is 3.04 bits per heavy atom. The van der Waals surface area contributed by atoms with Crippen LogP contribution in [0.2, 0.25) is 0 Å². The van der Waals surface area contributed by atoms with E-state index in [9.17, 15) is 4.79 Å². The first-order valence-electron chi connectivity index (χ1n) is 8.78. The molecule has 0 radical (unpaired) electrons. The predicted molar refractivity (Wildman–Crippen MR) is 103 cm³/mol. The molecule has 5 rings (SSSR count). The number of aromatic nitrogens is 6. The molecule has 0 atom stereocenters. The molecule has 3 aromatic heterocycles. The molecular formula is C18H17N7OS. The number of benzene rings is 1. The summed E-state index contributed by atoms with van der Waals surface area (Å²) in [5, 5.41) is 17.4. The van der Waals surface area contributed by atoms with Crippen LogP contribution in [0.3, 0.4) is 0 Å². The number of nitrogens with zero attached hydrogens (tertiary/aromatic N) is 6. The molecule has 3 heterocycles. The Bertz CT molecular complexity index is 1190. The normalized spacial score (nSPS) is 14.0. The zero-order valence-corrected chi connectivity index (χ0v) is 15.5. The number of hydrogen-bond acceptors (Lipinski definition) is 7. The fraction of sp³-hybridized carbons (Fsp3) is 0.278. The third-order valence-electron chi connectivity index (χ3n) is 4.61.